The lowest BCUT2D eigenvalue weighted by molar-refractivity contribution is 0.471. The van der Waals surface area contributed by atoms with Crippen LogP contribution in [0.3, 0.4) is 0 Å². The maximum Gasteiger partial charge on any atom is 0.0320 e. The SMILES string of the molecule is CN[C@H]1CC[C@H](c2ccccc2)c2ccccc21. The van der Waals surface area contributed by atoms with E-state index in [-0.39, 0.29) is 0 Å². The van der Waals surface area contributed by atoms with Crippen LogP contribution in [0.15, 0.2) is 54.6 Å². The number of benzene rings is 2. The molecule has 1 heteroatoms. The van der Waals surface area contributed by atoms with Gasteiger partial charge in [0.2, 0.25) is 0 Å². The Hall–Kier alpha value is -1.60. The second-order valence-electron chi connectivity index (χ2n) is 5.01. The number of fused-ring (bicyclic) bond motifs is 1. The van der Waals surface area contributed by atoms with E-state index in [1.54, 1.807) is 0 Å². The molecule has 18 heavy (non-hydrogen) atoms. The van der Waals surface area contributed by atoms with E-state index in [1.807, 2.05) is 0 Å². The first-order valence-corrected chi connectivity index (χ1v) is 6.71. The molecule has 1 aliphatic carbocycles. The van der Waals surface area contributed by atoms with Crippen molar-refractivity contribution in [3.8, 4) is 0 Å². The van der Waals surface area contributed by atoms with E-state index in [4.69, 9.17) is 0 Å². The summed E-state index contributed by atoms with van der Waals surface area (Å²) in [5, 5.41) is 3.43. The summed E-state index contributed by atoms with van der Waals surface area (Å²) >= 11 is 0. The molecule has 1 nitrogen and oxygen atoms in total. The van der Waals surface area contributed by atoms with Gasteiger partial charge in [-0.25, -0.2) is 0 Å². The van der Waals surface area contributed by atoms with Crippen molar-refractivity contribution < 1.29 is 0 Å². The molecule has 0 unspecified atom stereocenters. The summed E-state index contributed by atoms with van der Waals surface area (Å²) in [6, 6.07) is 20.3. The maximum atomic E-state index is 3.43. The third-order valence-electron chi connectivity index (χ3n) is 4.04. The molecule has 3 rings (SSSR count). The van der Waals surface area contributed by atoms with Crippen LogP contribution in [-0.2, 0) is 0 Å². The van der Waals surface area contributed by atoms with Gasteiger partial charge in [0.15, 0.2) is 0 Å². The molecule has 2 aromatic carbocycles. The Morgan fingerprint density at radius 3 is 2.22 bits per heavy atom. The van der Waals surface area contributed by atoms with Crippen molar-refractivity contribution in [3.05, 3.63) is 71.3 Å². The van der Waals surface area contributed by atoms with Crippen LogP contribution in [0, 0.1) is 0 Å². The summed E-state index contributed by atoms with van der Waals surface area (Å²) in [6.45, 7) is 0. The highest BCUT2D eigenvalue weighted by molar-refractivity contribution is 5.41. The Bertz CT molecular complexity index is 518. The zero-order valence-electron chi connectivity index (χ0n) is 10.8. The molecule has 2 atom stereocenters. The quantitative estimate of drug-likeness (QED) is 0.836. The number of hydrogen-bond acceptors (Lipinski definition) is 1. The second-order valence-corrected chi connectivity index (χ2v) is 5.01. The van der Waals surface area contributed by atoms with Crippen molar-refractivity contribution in [2.45, 2.75) is 24.8 Å². The second kappa shape index (κ2) is 4.95. The Morgan fingerprint density at radius 1 is 0.833 bits per heavy atom. The predicted molar refractivity (Wildman–Crippen MR) is 75.8 cm³/mol. The van der Waals surface area contributed by atoms with Crippen LogP contribution in [0.2, 0.25) is 0 Å². The Labute approximate surface area is 109 Å². The van der Waals surface area contributed by atoms with Gasteiger partial charge in [0.05, 0.1) is 0 Å². The van der Waals surface area contributed by atoms with Gasteiger partial charge in [-0.05, 0) is 36.6 Å². The Morgan fingerprint density at radius 2 is 1.50 bits per heavy atom. The maximum absolute atomic E-state index is 3.43. The molecular weight excluding hydrogens is 218 g/mol. The standard InChI is InChI=1S/C17H19N/c1-18-17-12-11-14(13-7-3-2-4-8-13)15-9-5-6-10-16(15)17/h2-10,14,17-18H,11-12H2,1H3/t14-,17+/m1/s1. The van der Waals surface area contributed by atoms with E-state index >= 15 is 0 Å². The summed E-state index contributed by atoms with van der Waals surface area (Å²) in [5.41, 5.74) is 4.41. The molecule has 0 bridgehead atoms. The summed E-state index contributed by atoms with van der Waals surface area (Å²) in [7, 11) is 2.06. The summed E-state index contributed by atoms with van der Waals surface area (Å²) in [5.74, 6) is 0.562. The topological polar surface area (TPSA) is 12.0 Å². The molecule has 0 fully saturated rings. The zero-order valence-corrected chi connectivity index (χ0v) is 10.8. The molecule has 0 aliphatic heterocycles. The fraction of sp³-hybridized carbons (Fsp3) is 0.294. The third-order valence-corrected chi connectivity index (χ3v) is 4.04. The summed E-state index contributed by atoms with van der Waals surface area (Å²) < 4.78 is 0. The molecule has 0 spiro atoms. The molecule has 0 aromatic heterocycles. The minimum absolute atomic E-state index is 0.515. The molecule has 0 saturated heterocycles. The Balaban J connectivity index is 2.04. The van der Waals surface area contributed by atoms with Gasteiger partial charge in [-0.2, -0.15) is 0 Å². The van der Waals surface area contributed by atoms with Crippen LogP contribution in [-0.4, -0.2) is 7.05 Å². The van der Waals surface area contributed by atoms with Crippen LogP contribution in [0.4, 0.5) is 0 Å². The monoisotopic (exact) mass is 237 g/mol. The number of hydrogen-bond donors (Lipinski definition) is 1. The number of rotatable bonds is 2. The average Bonchev–Trinajstić information content (AvgIpc) is 2.47. The highest BCUT2D eigenvalue weighted by atomic mass is 14.9. The molecule has 2 aromatic rings. The Kier molecular flexibility index (Phi) is 3.16. The van der Waals surface area contributed by atoms with Crippen molar-refractivity contribution in [2.24, 2.45) is 0 Å². The van der Waals surface area contributed by atoms with E-state index in [2.05, 4.69) is 67.0 Å². The van der Waals surface area contributed by atoms with Crippen molar-refractivity contribution >= 4 is 0 Å². The van der Waals surface area contributed by atoms with Crippen LogP contribution < -0.4 is 5.32 Å². The zero-order chi connectivity index (χ0) is 12.4. The minimum Gasteiger partial charge on any atom is -0.313 e. The van der Waals surface area contributed by atoms with E-state index in [9.17, 15) is 0 Å². The van der Waals surface area contributed by atoms with Crippen LogP contribution in [0.25, 0.3) is 0 Å². The van der Waals surface area contributed by atoms with E-state index in [0.717, 1.165) is 0 Å². The lowest BCUT2D eigenvalue weighted by Gasteiger charge is -2.31. The molecule has 1 N–H and O–H groups in total. The average molecular weight is 237 g/mol. The van der Waals surface area contributed by atoms with Gasteiger partial charge in [0.1, 0.15) is 0 Å². The van der Waals surface area contributed by atoms with Crippen LogP contribution in [0.5, 0.6) is 0 Å². The van der Waals surface area contributed by atoms with E-state index in [0.29, 0.717) is 12.0 Å². The molecular formula is C17H19N. The lowest BCUT2D eigenvalue weighted by atomic mass is 9.77. The largest absolute Gasteiger partial charge is 0.313 e. The van der Waals surface area contributed by atoms with E-state index in [1.165, 1.54) is 29.5 Å². The molecule has 0 saturated carbocycles. The van der Waals surface area contributed by atoms with Gasteiger partial charge in [-0.15, -0.1) is 0 Å². The normalized spacial score (nSPS) is 22.5. The smallest absolute Gasteiger partial charge is 0.0320 e. The molecule has 0 radical (unpaired) electrons. The van der Waals surface area contributed by atoms with Gasteiger partial charge in [0.25, 0.3) is 0 Å². The van der Waals surface area contributed by atoms with Crippen LogP contribution in [0.1, 0.15) is 41.5 Å². The van der Waals surface area contributed by atoms with Crippen molar-refractivity contribution in [1.82, 2.24) is 5.32 Å². The van der Waals surface area contributed by atoms with Gasteiger partial charge >= 0.3 is 0 Å². The highest BCUT2D eigenvalue weighted by Crippen LogP contribution is 2.40. The molecule has 92 valence electrons. The highest BCUT2D eigenvalue weighted by Gasteiger charge is 2.26. The van der Waals surface area contributed by atoms with Crippen molar-refractivity contribution in [2.75, 3.05) is 7.05 Å². The van der Waals surface area contributed by atoms with Crippen molar-refractivity contribution in [1.29, 1.82) is 0 Å². The van der Waals surface area contributed by atoms with Gasteiger partial charge in [-0.1, -0.05) is 54.6 Å². The van der Waals surface area contributed by atoms with E-state index < -0.39 is 0 Å². The van der Waals surface area contributed by atoms with Gasteiger partial charge in [-0.3, -0.25) is 0 Å². The predicted octanol–water partition coefficient (Wildman–Crippen LogP) is 3.87. The first-order valence-electron chi connectivity index (χ1n) is 6.71. The third kappa shape index (κ3) is 1.95. The van der Waals surface area contributed by atoms with Crippen molar-refractivity contribution in [3.63, 3.8) is 0 Å². The first-order chi connectivity index (χ1) is 8.90. The number of nitrogens with one attached hydrogen (secondary N) is 1. The molecule has 0 amide bonds. The van der Waals surface area contributed by atoms with Gasteiger partial charge in [0, 0.05) is 12.0 Å². The summed E-state index contributed by atoms with van der Waals surface area (Å²) in [4.78, 5) is 0. The van der Waals surface area contributed by atoms with Crippen LogP contribution >= 0.6 is 0 Å². The fourth-order valence-electron chi connectivity index (χ4n) is 3.12. The summed E-state index contributed by atoms with van der Waals surface area (Å²) in [6.07, 6.45) is 2.44. The minimum atomic E-state index is 0.515. The molecule has 0 heterocycles. The lowest BCUT2D eigenvalue weighted by Crippen LogP contribution is -2.24. The fourth-order valence-corrected chi connectivity index (χ4v) is 3.12. The first kappa shape index (κ1) is 11.5. The van der Waals surface area contributed by atoms with Gasteiger partial charge < -0.3 is 5.32 Å². The molecule has 1 aliphatic rings.